The van der Waals surface area contributed by atoms with Gasteiger partial charge in [-0.05, 0) is 33.6 Å². The monoisotopic (exact) mass is 285 g/mol. The van der Waals surface area contributed by atoms with Crippen molar-refractivity contribution in [2.75, 3.05) is 6.54 Å². The summed E-state index contributed by atoms with van der Waals surface area (Å²) in [6, 6.07) is -1.19. The van der Waals surface area contributed by atoms with Crippen molar-refractivity contribution in [3.63, 3.8) is 0 Å². The number of nitrogens with one attached hydrogen (secondary N) is 2. The van der Waals surface area contributed by atoms with E-state index in [2.05, 4.69) is 10.6 Å². The summed E-state index contributed by atoms with van der Waals surface area (Å²) in [6.07, 6.45) is 1.25. The molecule has 3 N–H and O–H groups in total. The number of hydrogen-bond donors (Lipinski definition) is 3. The normalized spacial score (nSPS) is 19.8. The molecule has 7 nitrogen and oxygen atoms in total. The zero-order valence-corrected chi connectivity index (χ0v) is 12.2. The molecule has 114 valence electrons. The third-order valence-corrected chi connectivity index (χ3v) is 3.10. The van der Waals surface area contributed by atoms with E-state index in [1.54, 1.807) is 6.92 Å². The molecule has 1 saturated heterocycles. The molecule has 1 heterocycles. The maximum atomic E-state index is 12.1. The third kappa shape index (κ3) is 4.71. The molecule has 0 radical (unpaired) electrons. The average Bonchev–Trinajstić information content (AvgIpc) is 2.75. The number of amides is 3. The van der Waals surface area contributed by atoms with Crippen LogP contribution in [-0.4, -0.2) is 52.6 Å². The number of carbonyl (C=O) groups excluding carboxylic acids is 2. The van der Waals surface area contributed by atoms with Gasteiger partial charge in [0.15, 0.2) is 0 Å². The standard InChI is InChI=1S/C13H23N3O4/c1-8(2)14-13(20)16-6-4-5-10(16)12(19)15-9(3)7-11(17)18/h8-10H,4-7H2,1-3H3,(H,14,20)(H,15,19)(H,17,18)/t9?,10-/m0/s1. The van der Waals surface area contributed by atoms with E-state index in [0.717, 1.165) is 6.42 Å². The van der Waals surface area contributed by atoms with Crippen molar-refractivity contribution in [2.45, 2.75) is 58.2 Å². The molecular weight excluding hydrogens is 262 g/mol. The van der Waals surface area contributed by atoms with Crippen LogP contribution >= 0.6 is 0 Å². The Bertz CT molecular complexity index is 384. The van der Waals surface area contributed by atoms with Crippen LogP contribution in [0.15, 0.2) is 0 Å². The Balaban J connectivity index is 2.57. The van der Waals surface area contributed by atoms with Crippen molar-refractivity contribution in [1.82, 2.24) is 15.5 Å². The van der Waals surface area contributed by atoms with Crippen LogP contribution < -0.4 is 10.6 Å². The van der Waals surface area contributed by atoms with Crippen LogP contribution in [0.25, 0.3) is 0 Å². The Morgan fingerprint density at radius 3 is 2.45 bits per heavy atom. The smallest absolute Gasteiger partial charge is 0.318 e. The summed E-state index contributed by atoms with van der Waals surface area (Å²) in [5.41, 5.74) is 0. The van der Waals surface area contributed by atoms with E-state index in [4.69, 9.17) is 5.11 Å². The lowest BCUT2D eigenvalue weighted by Gasteiger charge is -2.26. The van der Waals surface area contributed by atoms with E-state index in [9.17, 15) is 14.4 Å². The van der Waals surface area contributed by atoms with Crippen LogP contribution in [0.4, 0.5) is 4.79 Å². The molecule has 0 bridgehead atoms. The van der Waals surface area contributed by atoms with Gasteiger partial charge in [-0.1, -0.05) is 0 Å². The summed E-state index contributed by atoms with van der Waals surface area (Å²) >= 11 is 0. The predicted octanol–water partition coefficient (Wildman–Crippen LogP) is 0.548. The molecule has 0 spiro atoms. The summed E-state index contributed by atoms with van der Waals surface area (Å²) in [5, 5.41) is 14.1. The van der Waals surface area contributed by atoms with Crippen molar-refractivity contribution >= 4 is 17.9 Å². The van der Waals surface area contributed by atoms with E-state index >= 15 is 0 Å². The molecule has 0 saturated carbocycles. The minimum absolute atomic E-state index is 0.0118. The van der Waals surface area contributed by atoms with Gasteiger partial charge >= 0.3 is 12.0 Å². The SMILES string of the molecule is CC(C)NC(=O)N1CCC[C@H]1C(=O)NC(C)CC(=O)O. The van der Waals surface area contributed by atoms with Crippen molar-refractivity contribution in [1.29, 1.82) is 0 Å². The summed E-state index contributed by atoms with van der Waals surface area (Å²) in [6.45, 7) is 5.90. The van der Waals surface area contributed by atoms with Gasteiger partial charge in [0.05, 0.1) is 6.42 Å². The van der Waals surface area contributed by atoms with Crippen LogP contribution in [0, 0.1) is 0 Å². The molecule has 0 aromatic heterocycles. The van der Waals surface area contributed by atoms with E-state index in [0.29, 0.717) is 13.0 Å². The topological polar surface area (TPSA) is 98.7 Å². The van der Waals surface area contributed by atoms with Crippen molar-refractivity contribution < 1.29 is 19.5 Å². The molecule has 0 aromatic rings. The maximum absolute atomic E-state index is 12.1. The van der Waals surface area contributed by atoms with Gasteiger partial charge in [-0.3, -0.25) is 9.59 Å². The molecule has 1 unspecified atom stereocenters. The van der Waals surface area contributed by atoms with Gasteiger partial charge < -0.3 is 20.6 Å². The highest BCUT2D eigenvalue weighted by Gasteiger charge is 2.34. The first-order valence-electron chi connectivity index (χ1n) is 6.90. The summed E-state index contributed by atoms with van der Waals surface area (Å²) in [5.74, 6) is -1.24. The van der Waals surface area contributed by atoms with Crippen molar-refractivity contribution in [3.05, 3.63) is 0 Å². The van der Waals surface area contributed by atoms with Crippen LogP contribution in [0.2, 0.25) is 0 Å². The number of nitrogens with zero attached hydrogens (tertiary/aromatic N) is 1. The fourth-order valence-corrected chi connectivity index (χ4v) is 2.26. The number of hydrogen-bond acceptors (Lipinski definition) is 3. The first-order chi connectivity index (χ1) is 9.31. The largest absolute Gasteiger partial charge is 0.481 e. The number of aliphatic carboxylic acids is 1. The Hall–Kier alpha value is -1.79. The van der Waals surface area contributed by atoms with E-state index in [-0.39, 0.29) is 24.4 Å². The van der Waals surface area contributed by atoms with Gasteiger partial charge in [0.25, 0.3) is 0 Å². The zero-order valence-electron chi connectivity index (χ0n) is 12.2. The zero-order chi connectivity index (χ0) is 15.3. The van der Waals surface area contributed by atoms with Gasteiger partial charge in [-0.25, -0.2) is 4.79 Å². The van der Waals surface area contributed by atoms with Crippen molar-refractivity contribution in [3.8, 4) is 0 Å². The number of carbonyl (C=O) groups is 3. The lowest BCUT2D eigenvalue weighted by molar-refractivity contribution is -0.137. The number of likely N-dealkylation sites (tertiary alicyclic amines) is 1. The predicted molar refractivity (Wildman–Crippen MR) is 73.3 cm³/mol. The summed E-state index contributed by atoms with van der Waals surface area (Å²) < 4.78 is 0. The molecule has 7 heteroatoms. The van der Waals surface area contributed by atoms with E-state index < -0.39 is 18.1 Å². The van der Waals surface area contributed by atoms with Crippen LogP contribution in [-0.2, 0) is 9.59 Å². The van der Waals surface area contributed by atoms with Crippen molar-refractivity contribution in [2.24, 2.45) is 0 Å². The number of rotatable bonds is 5. The number of carboxylic acid groups (broad SMARTS) is 1. The second kappa shape index (κ2) is 7.12. The van der Waals surface area contributed by atoms with Crippen LogP contribution in [0.5, 0.6) is 0 Å². The molecule has 0 aliphatic carbocycles. The Morgan fingerprint density at radius 1 is 1.25 bits per heavy atom. The molecule has 1 rings (SSSR count). The van der Waals surface area contributed by atoms with Gasteiger partial charge in [0.1, 0.15) is 6.04 Å². The molecular formula is C13H23N3O4. The third-order valence-electron chi connectivity index (χ3n) is 3.10. The second-order valence-electron chi connectivity index (χ2n) is 5.46. The summed E-state index contributed by atoms with van der Waals surface area (Å²) in [7, 11) is 0. The van der Waals surface area contributed by atoms with Gasteiger partial charge in [0.2, 0.25) is 5.91 Å². The summed E-state index contributed by atoms with van der Waals surface area (Å²) in [4.78, 5) is 36.2. The number of carboxylic acids is 1. The van der Waals surface area contributed by atoms with E-state index in [1.807, 2.05) is 13.8 Å². The molecule has 0 aromatic carbocycles. The quantitative estimate of drug-likeness (QED) is 0.687. The Morgan fingerprint density at radius 2 is 1.90 bits per heavy atom. The van der Waals surface area contributed by atoms with Crippen LogP contribution in [0.3, 0.4) is 0 Å². The Labute approximate surface area is 118 Å². The maximum Gasteiger partial charge on any atom is 0.318 e. The first kappa shape index (κ1) is 16.3. The van der Waals surface area contributed by atoms with Gasteiger partial charge in [-0.15, -0.1) is 0 Å². The second-order valence-corrected chi connectivity index (χ2v) is 5.46. The average molecular weight is 285 g/mol. The molecule has 1 aliphatic heterocycles. The molecule has 1 aliphatic rings. The molecule has 20 heavy (non-hydrogen) atoms. The first-order valence-corrected chi connectivity index (χ1v) is 6.90. The fraction of sp³-hybridized carbons (Fsp3) is 0.769. The minimum Gasteiger partial charge on any atom is -0.481 e. The highest BCUT2D eigenvalue weighted by molar-refractivity contribution is 5.88. The molecule has 3 amide bonds. The van der Waals surface area contributed by atoms with Gasteiger partial charge in [0, 0.05) is 18.6 Å². The lowest BCUT2D eigenvalue weighted by Crippen LogP contribution is -2.52. The van der Waals surface area contributed by atoms with E-state index in [1.165, 1.54) is 4.90 Å². The highest BCUT2D eigenvalue weighted by Crippen LogP contribution is 2.17. The fourth-order valence-electron chi connectivity index (χ4n) is 2.26. The molecule has 2 atom stereocenters. The van der Waals surface area contributed by atoms with Crippen LogP contribution in [0.1, 0.15) is 40.0 Å². The number of urea groups is 1. The Kier molecular flexibility index (Phi) is 5.79. The minimum atomic E-state index is -0.960. The van der Waals surface area contributed by atoms with Gasteiger partial charge in [-0.2, -0.15) is 0 Å². The highest BCUT2D eigenvalue weighted by atomic mass is 16.4. The lowest BCUT2D eigenvalue weighted by atomic mass is 10.1. The molecule has 1 fully saturated rings.